The van der Waals surface area contributed by atoms with Gasteiger partial charge in [0.25, 0.3) is 0 Å². The number of fused-ring (bicyclic) bond motifs is 1. The van der Waals surface area contributed by atoms with Crippen molar-refractivity contribution in [3.8, 4) is 5.75 Å². The van der Waals surface area contributed by atoms with Crippen LogP contribution in [0.5, 0.6) is 5.75 Å². The lowest BCUT2D eigenvalue weighted by molar-refractivity contribution is -0.127. The maximum Gasteiger partial charge on any atom is 0.170 e. The van der Waals surface area contributed by atoms with Gasteiger partial charge in [0.2, 0.25) is 0 Å². The molecule has 0 aliphatic carbocycles. The fourth-order valence-corrected chi connectivity index (χ4v) is 4.96. The highest BCUT2D eigenvalue weighted by Crippen LogP contribution is 2.39. The molecule has 1 aromatic heterocycles. The minimum absolute atomic E-state index is 0.130. The van der Waals surface area contributed by atoms with Crippen molar-refractivity contribution in [3.05, 3.63) is 60.4 Å². The van der Waals surface area contributed by atoms with E-state index in [-0.39, 0.29) is 11.4 Å². The number of hydrogen-bond acceptors (Lipinski definition) is 7. The third kappa shape index (κ3) is 4.57. The van der Waals surface area contributed by atoms with Gasteiger partial charge in [0.05, 0.1) is 34.4 Å². The van der Waals surface area contributed by atoms with Crippen LogP contribution in [-0.4, -0.2) is 49.8 Å². The standard InChI is InChI=1S/C14H19NO2.C10H9NO2S/c1-4-11-12(16)10-14(17-13(11)5-2)6-8-15(3)9-7-14;1-13-8-4-2-3-6-7(5-12)10(11)14-9(6)8/h4-5H,1-2,6-10H2,3H3;2-5H,11H2,1H3. The molecular formula is C24H28N2O4S. The summed E-state index contributed by atoms with van der Waals surface area (Å²) in [5.41, 5.74) is 6.55. The SMILES string of the molecule is C=CC1=C(C=C)C(=O)CC2(CCN(C)CC2)O1.COc1cccc2c(C=O)c(N)sc12. The molecule has 2 aliphatic heterocycles. The summed E-state index contributed by atoms with van der Waals surface area (Å²) in [5.74, 6) is 1.49. The van der Waals surface area contributed by atoms with Crippen molar-refractivity contribution in [1.82, 2.24) is 4.90 Å². The Morgan fingerprint density at radius 3 is 2.55 bits per heavy atom. The second-order valence-electron chi connectivity index (χ2n) is 7.71. The Balaban J connectivity index is 0.000000179. The Hall–Kier alpha value is -2.90. The molecule has 1 fully saturated rings. The number of nitrogens with two attached hydrogens (primary N) is 1. The summed E-state index contributed by atoms with van der Waals surface area (Å²) in [6, 6.07) is 5.57. The molecule has 31 heavy (non-hydrogen) atoms. The monoisotopic (exact) mass is 440 g/mol. The van der Waals surface area contributed by atoms with Gasteiger partial charge in [-0.3, -0.25) is 9.59 Å². The van der Waals surface area contributed by atoms with E-state index >= 15 is 0 Å². The fraction of sp³-hybridized carbons (Fsp3) is 0.333. The topological polar surface area (TPSA) is 81.9 Å². The van der Waals surface area contributed by atoms with Gasteiger partial charge < -0.3 is 20.1 Å². The van der Waals surface area contributed by atoms with Crippen LogP contribution in [0.2, 0.25) is 0 Å². The number of nitrogens with zero attached hydrogens (tertiary/aromatic N) is 1. The molecule has 6 nitrogen and oxygen atoms in total. The minimum Gasteiger partial charge on any atom is -0.495 e. The van der Waals surface area contributed by atoms with Gasteiger partial charge in [-0.25, -0.2) is 0 Å². The number of methoxy groups -OCH3 is 1. The second-order valence-corrected chi connectivity index (χ2v) is 8.76. The van der Waals surface area contributed by atoms with Gasteiger partial charge in [-0.15, -0.1) is 11.3 Å². The van der Waals surface area contributed by atoms with E-state index in [2.05, 4.69) is 25.1 Å². The zero-order chi connectivity index (χ0) is 22.6. The van der Waals surface area contributed by atoms with Crippen molar-refractivity contribution < 1.29 is 19.1 Å². The van der Waals surface area contributed by atoms with Crippen LogP contribution in [0, 0.1) is 0 Å². The number of ketones is 1. The van der Waals surface area contributed by atoms with Gasteiger partial charge in [-0.2, -0.15) is 0 Å². The van der Waals surface area contributed by atoms with Crippen molar-refractivity contribution in [2.24, 2.45) is 0 Å². The van der Waals surface area contributed by atoms with Gasteiger partial charge in [0, 0.05) is 31.3 Å². The van der Waals surface area contributed by atoms with Crippen LogP contribution >= 0.6 is 11.3 Å². The molecule has 0 radical (unpaired) electrons. The van der Waals surface area contributed by atoms with Gasteiger partial charge in [0.1, 0.15) is 17.1 Å². The Kier molecular flexibility index (Phi) is 6.97. The molecule has 2 N–H and O–H groups in total. The number of rotatable bonds is 4. The van der Waals surface area contributed by atoms with E-state index in [1.165, 1.54) is 11.3 Å². The van der Waals surface area contributed by atoms with Crippen LogP contribution in [0.1, 0.15) is 29.6 Å². The molecule has 1 spiro atoms. The summed E-state index contributed by atoms with van der Waals surface area (Å²) in [6.45, 7) is 9.33. The molecule has 3 heterocycles. The number of Topliss-reactive ketones (excluding diaryl/α,β-unsaturated/α-hetero) is 1. The summed E-state index contributed by atoms with van der Waals surface area (Å²) in [5, 5.41) is 1.40. The van der Waals surface area contributed by atoms with Crippen LogP contribution in [0.15, 0.2) is 54.8 Å². The maximum absolute atomic E-state index is 12.1. The summed E-state index contributed by atoms with van der Waals surface area (Å²) in [4.78, 5) is 25.1. The van der Waals surface area contributed by atoms with Gasteiger partial charge in [0.15, 0.2) is 12.1 Å². The van der Waals surface area contributed by atoms with E-state index in [9.17, 15) is 9.59 Å². The molecule has 7 heteroatoms. The summed E-state index contributed by atoms with van der Waals surface area (Å²) >= 11 is 1.38. The Morgan fingerprint density at radius 1 is 1.26 bits per heavy atom. The number of piperidine rings is 1. The van der Waals surface area contributed by atoms with Crippen LogP contribution in [-0.2, 0) is 9.53 Å². The quantitative estimate of drug-likeness (QED) is 0.711. The number of carbonyl (C=O) groups is 2. The van der Waals surface area contributed by atoms with Crippen molar-refractivity contribution in [2.45, 2.75) is 24.9 Å². The lowest BCUT2D eigenvalue weighted by atomic mass is 9.82. The van der Waals surface area contributed by atoms with E-state index in [0.29, 0.717) is 28.3 Å². The van der Waals surface area contributed by atoms with Crippen molar-refractivity contribution in [2.75, 3.05) is 33.0 Å². The predicted octanol–water partition coefficient (Wildman–Crippen LogP) is 4.37. The number of aldehydes is 1. The first-order chi connectivity index (χ1) is 14.9. The smallest absolute Gasteiger partial charge is 0.170 e. The lowest BCUT2D eigenvalue weighted by Crippen LogP contribution is -2.47. The number of benzene rings is 1. The highest BCUT2D eigenvalue weighted by Gasteiger charge is 2.42. The Labute approximate surface area is 186 Å². The lowest BCUT2D eigenvalue weighted by Gasteiger charge is -2.43. The van der Waals surface area contributed by atoms with E-state index in [1.54, 1.807) is 19.3 Å². The van der Waals surface area contributed by atoms with E-state index in [4.69, 9.17) is 15.2 Å². The normalized spacial score (nSPS) is 18.2. The number of hydrogen-bond donors (Lipinski definition) is 1. The molecule has 0 atom stereocenters. The molecule has 1 saturated heterocycles. The zero-order valence-electron chi connectivity index (χ0n) is 18.0. The number of nitrogen functional groups attached to an aromatic ring is 1. The first-order valence-electron chi connectivity index (χ1n) is 10.1. The van der Waals surface area contributed by atoms with Crippen molar-refractivity contribution in [1.29, 1.82) is 0 Å². The van der Waals surface area contributed by atoms with E-state index < -0.39 is 0 Å². The highest BCUT2D eigenvalue weighted by atomic mass is 32.1. The number of carbonyl (C=O) groups excluding carboxylic acids is 2. The fourth-order valence-electron chi connectivity index (χ4n) is 3.93. The Morgan fingerprint density at radius 2 is 1.97 bits per heavy atom. The summed E-state index contributed by atoms with van der Waals surface area (Å²) in [6.07, 6.45) is 6.25. The maximum atomic E-state index is 12.1. The van der Waals surface area contributed by atoms with Crippen molar-refractivity contribution in [3.63, 3.8) is 0 Å². The average Bonchev–Trinajstić information content (AvgIpc) is 3.11. The first kappa shape index (κ1) is 22.8. The van der Waals surface area contributed by atoms with Crippen LogP contribution in [0.3, 0.4) is 0 Å². The number of likely N-dealkylation sites (tertiary alicyclic amines) is 1. The molecule has 0 unspecified atom stereocenters. The molecule has 2 aromatic rings. The minimum atomic E-state index is -0.306. The summed E-state index contributed by atoms with van der Waals surface area (Å²) < 4.78 is 12.1. The van der Waals surface area contributed by atoms with Crippen LogP contribution in [0.25, 0.3) is 10.1 Å². The molecule has 0 amide bonds. The third-order valence-electron chi connectivity index (χ3n) is 5.75. The first-order valence-corrected chi connectivity index (χ1v) is 10.9. The molecule has 164 valence electrons. The molecule has 1 aromatic carbocycles. The molecule has 4 rings (SSSR count). The van der Waals surface area contributed by atoms with Crippen LogP contribution < -0.4 is 10.5 Å². The van der Waals surface area contributed by atoms with Gasteiger partial charge >= 0.3 is 0 Å². The summed E-state index contributed by atoms with van der Waals surface area (Å²) in [7, 11) is 3.70. The van der Waals surface area contributed by atoms with E-state index in [0.717, 1.165) is 48.1 Å². The number of anilines is 1. The molecule has 0 saturated carbocycles. The largest absolute Gasteiger partial charge is 0.495 e. The number of allylic oxidation sites excluding steroid dienone is 3. The number of ether oxygens (including phenoxy) is 2. The number of thiophene rings is 1. The van der Waals surface area contributed by atoms with Gasteiger partial charge in [-0.1, -0.05) is 31.4 Å². The zero-order valence-corrected chi connectivity index (χ0v) is 18.8. The molecular weight excluding hydrogens is 412 g/mol. The second kappa shape index (κ2) is 9.49. The Bertz CT molecular complexity index is 1050. The highest BCUT2D eigenvalue weighted by molar-refractivity contribution is 7.23. The third-order valence-corrected chi connectivity index (χ3v) is 6.81. The molecule has 2 aliphatic rings. The van der Waals surface area contributed by atoms with Crippen molar-refractivity contribution >= 4 is 38.5 Å². The molecule has 0 bridgehead atoms. The van der Waals surface area contributed by atoms with Gasteiger partial charge in [-0.05, 0) is 19.2 Å². The van der Waals surface area contributed by atoms with Crippen LogP contribution in [0.4, 0.5) is 5.00 Å². The average molecular weight is 441 g/mol. The van der Waals surface area contributed by atoms with E-state index in [1.807, 2.05) is 18.2 Å². The predicted molar refractivity (Wildman–Crippen MR) is 126 cm³/mol.